The van der Waals surface area contributed by atoms with Gasteiger partial charge in [-0.25, -0.2) is 0 Å². The summed E-state index contributed by atoms with van der Waals surface area (Å²) in [5.41, 5.74) is 0.416. The van der Waals surface area contributed by atoms with Gasteiger partial charge in [-0.1, -0.05) is 24.0 Å². The number of aldehydes is 1. The third kappa shape index (κ3) is 7.60. The third-order valence-electron chi connectivity index (χ3n) is 3.47. The Morgan fingerprint density at radius 2 is 1.96 bits per heavy atom. The molecule has 0 N–H and O–H groups in total. The average molecular weight is 334 g/mol. The molecule has 2 atom stereocenters. The molecular formula is C19H26O5. The second-order valence-corrected chi connectivity index (χ2v) is 5.67. The molecule has 0 radical (unpaired) electrons. The molecule has 1 aromatic carbocycles. The van der Waals surface area contributed by atoms with Crippen LogP contribution in [0.2, 0.25) is 0 Å². The van der Waals surface area contributed by atoms with Crippen molar-refractivity contribution in [2.75, 3.05) is 21.0 Å². The number of benzene rings is 1. The normalized spacial score (nSPS) is 14.2. The highest BCUT2D eigenvalue weighted by Gasteiger charge is 2.23. The van der Waals surface area contributed by atoms with E-state index in [4.69, 9.17) is 18.9 Å². The number of ether oxygens (including phenoxy) is 4. The molecule has 0 heterocycles. The lowest BCUT2D eigenvalue weighted by Crippen LogP contribution is -2.29. The molecule has 24 heavy (non-hydrogen) atoms. The summed E-state index contributed by atoms with van der Waals surface area (Å²) in [5, 5.41) is 0. The number of hydrogen-bond donors (Lipinski definition) is 0. The molecule has 2 unspecified atom stereocenters. The zero-order valence-electron chi connectivity index (χ0n) is 14.8. The van der Waals surface area contributed by atoms with Crippen LogP contribution in [0.4, 0.5) is 0 Å². The summed E-state index contributed by atoms with van der Waals surface area (Å²) in [6, 6.07) is 7.71. The highest BCUT2D eigenvalue weighted by molar-refractivity contribution is 5.51. The van der Waals surface area contributed by atoms with Crippen LogP contribution in [0.15, 0.2) is 24.3 Å². The quantitative estimate of drug-likeness (QED) is 0.374. The molecule has 0 aliphatic carbocycles. The first-order valence-corrected chi connectivity index (χ1v) is 7.82. The molecule has 1 aromatic rings. The van der Waals surface area contributed by atoms with Crippen LogP contribution < -0.4 is 4.74 Å². The number of hydrogen-bond acceptors (Lipinski definition) is 5. The summed E-state index contributed by atoms with van der Waals surface area (Å²) in [5.74, 6) is 6.89. The van der Waals surface area contributed by atoms with Crippen molar-refractivity contribution in [2.24, 2.45) is 0 Å². The first-order valence-electron chi connectivity index (χ1n) is 7.82. The van der Waals surface area contributed by atoms with E-state index in [0.717, 1.165) is 17.6 Å². The van der Waals surface area contributed by atoms with Gasteiger partial charge in [0.05, 0.1) is 19.3 Å². The topological polar surface area (TPSA) is 54.0 Å². The highest BCUT2D eigenvalue weighted by atomic mass is 16.7. The Balaban J connectivity index is 2.46. The Morgan fingerprint density at radius 3 is 2.54 bits per heavy atom. The van der Waals surface area contributed by atoms with Gasteiger partial charge in [0.2, 0.25) is 0 Å². The van der Waals surface area contributed by atoms with Gasteiger partial charge >= 0.3 is 0 Å². The van der Waals surface area contributed by atoms with Crippen molar-refractivity contribution in [2.45, 2.75) is 45.0 Å². The molecule has 0 saturated carbocycles. The maximum Gasteiger partial charge on any atom is 0.147 e. The van der Waals surface area contributed by atoms with E-state index in [1.807, 2.05) is 38.1 Å². The molecule has 0 aromatic heterocycles. The summed E-state index contributed by atoms with van der Waals surface area (Å²) in [6.45, 7) is 4.35. The minimum atomic E-state index is -0.638. The van der Waals surface area contributed by atoms with Crippen molar-refractivity contribution >= 4 is 6.29 Å². The number of rotatable bonds is 10. The van der Waals surface area contributed by atoms with Gasteiger partial charge in [-0.15, -0.1) is 0 Å². The SMILES string of the molecule is COCOC(C)(CC#CC(C)OCc1ccc(OC)cc1)CC=O. The minimum absolute atomic E-state index is 0.134. The number of methoxy groups -OCH3 is 2. The lowest BCUT2D eigenvalue weighted by molar-refractivity contribution is -0.133. The Labute approximate surface area is 144 Å². The van der Waals surface area contributed by atoms with Crippen molar-refractivity contribution in [1.29, 1.82) is 0 Å². The van der Waals surface area contributed by atoms with E-state index < -0.39 is 5.60 Å². The second kappa shape index (κ2) is 10.8. The molecule has 0 fully saturated rings. The van der Waals surface area contributed by atoms with Crippen LogP contribution in [0.25, 0.3) is 0 Å². The molecule has 0 saturated heterocycles. The molecule has 0 spiro atoms. The van der Waals surface area contributed by atoms with Gasteiger partial charge in [0, 0.05) is 20.0 Å². The van der Waals surface area contributed by atoms with Crippen molar-refractivity contribution in [3.8, 4) is 17.6 Å². The van der Waals surface area contributed by atoms with E-state index in [1.165, 1.54) is 0 Å². The predicted molar refractivity (Wildman–Crippen MR) is 91.7 cm³/mol. The van der Waals surface area contributed by atoms with Crippen molar-refractivity contribution in [1.82, 2.24) is 0 Å². The molecule has 132 valence electrons. The molecule has 0 bridgehead atoms. The zero-order valence-corrected chi connectivity index (χ0v) is 14.8. The lowest BCUT2D eigenvalue weighted by Gasteiger charge is -2.25. The van der Waals surface area contributed by atoms with E-state index >= 15 is 0 Å². The third-order valence-corrected chi connectivity index (χ3v) is 3.47. The maximum atomic E-state index is 10.8. The standard InChI is InChI=1S/C19H26O5/c1-16(23-14-17-7-9-18(22-4)10-8-17)6-5-11-19(2,12-13-20)24-15-21-3/h7-10,13,16H,11-12,14-15H2,1-4H3. The molecule has 1 rings (SSSR count). The summed E-state index contributed by atoms with van der Waals surface area (Å²) >= 11 is 0. The second-order valence-electron chi connectivity index (χ2n) is 5.67. The molecular weight excluding hydrogens is 308 g/mol. The van der Waals surface area contributed by atoms with Crippen LogP contribution in [-0.2, 0) is 25.6 Å². The maximum absolute atomic E-state index is 10.8. The average Bonchev–Trinajstić information content (AvgIpc) is 2.59. The fourth-order valence-corrected chi connectivity index (χ4v) is 1.93. The highest BCUT2D eigenvalue weighted by Crippen LogP contribution is 2.18. The monoisotopic (exact) mass is 334 g/mol. The van der Waals surface area contributed by atoms with Gasteiger partial charge in [0.1, 0.15) is 24.9 Å². The van der Waals surface area contributed by atoms with Gasteiger partial charge in [0.25, 0.3) is 0 Å². The predicted octanol–water partition coefficient (Wildman–Crippen LogP) is 2.96. The van der Waals surface area contributed by atoms with E-state index in [1.54, 1.807) is 14.2 Å². The minimum Gasteiger partial charge on any atom is -0.497 e. The fourth-order valence-electron chi connectivity index (χ4n) is 1.93. The van der Waals surface area contributed by atoms with Crippen molar-refractivity contribution in [3.63, 3.8) is 0 Å². The van der Waals surface area contributed by atoms with Gasteiger partial charge < -0.3 is 23.7 Å². The molecule has 0 aliphatic heterocycles. The first-order chi connectivity index (χ1) is 11.5. The van der Waals surface area contributed by atoms with E-state index in [2.05, 4.69) is 11.8 Å². The summed E-state index contributed by atoms with van der Waals surface area (Å²) < 4.78 is 21.3. The van der Waals surface area contributed by atoms with Crippen molar-refractivity contribution < 1.29 is 23.7 Å². The Hall–Kier alpha value is -1.87. The van der Waals surface area contributed by atoms with Gasteiger partial charge in [-0.05, 0) is 31.5 Å². The van der Waals surface area contributed by atoms with Crippen LogP contribution in [0.5, 0.6) is 5.75 Å². The van der Waals surface area contributed by atoms with E-state index in [9.17, 15) is 4.79 Å². The van der Waals surface area contributed by atoms with Gasteiger partial charge in [0.15, 0.2) is 0 Å². The van der Waals surface area contributed by atoms with Crippen LogP contribution in [-0.4, -0.2) is 39.0 Å². The Morgan fingerprint density at radius 1 is 1.25 bits per heavy atom. The van der Waals surface area contributed by atoms with E-state index in [-0.39, 0.29) is 19.3 Å². The zero-order chi connectivity index (χ0) is 17.8. The van der Waals surface area contributed by atoms with Crippen LogP contribution in [0, 0.1) is 11.8 Å². The smallest absolute Gasteiger partial charge is 0.147 e. The fraction of sp³-hybridized carbons (Fsp3) is 0.526. The van der Waals surface area contributed by atoms with Crippen LogP contribution in [0.3, 0.4) is 0 Å². The largest absolute Gasteiger partial charge is 0.497 e. The molecule has 0 amide bonds. The summed E-state index contributed by atoms with van der Waals surface area (Å²) in [4.78, 5) is 10.8. The van der Waals surface area contributed by atoms with Crippen LogP contribution in [0.1, 0.15) is 32.3 Å². The number of carbonyl (C=O) groups is 1. The number of carbonyl (C=O) groups excluding carboxylic acids is 1. The summed E-state index contributed by atoms with van der Waals surface area (Å²) in [7, 11) is 3.18. The molecule has 0 aliphatic rings. The van der Waals surface area contributed by atoms with Crippen molar-refractivity contribution in [3.05, 3.63) is 29.8 Å². The van der Waals surface area contributed by atoms with Gasteiger partial charge in [-0.2, -0.15) is 0 Å². The first kappa shape index (κ1) is 20.2. The molecule has 5 heteroatoms. The molecule has 5 nitrogen and oxygen atoms in total. The van der Waals surface area contributed by atoms with E-state index in [0.29, 0.717) is 13.0 Å². The summed E-state index contributed by atoms with van der Waals surface area (Å²) in [6.07, 6.45) is 1.33. The van der Waals surface area contributed by atoms with Gasteiger partial charge in [-0.3, -0.25) is 0 Å². The lowest BCUT2D eigenvalue weighted by atomic mass is 9.99. The Bertz CT molecular complexity index is 543. The van der Waals surface area contributed by atoms with Crippen LogP contribution >= 0.6 is 0 Å². The Kier molecular flexibility index (Phi) is 9.10.